The SMILES string of the molecule is CCCn1nccc1CNCc1cccc(F)c1F.Cl. The largest absolute Gasteiger partial charge is 0.307 e. The second-order valence-corrected chi connectivity index (χ2v) is 4.36. The van der Waals surface area contributed by atoms with Crippen molar-refractivity contribution in [3.63, 3.8) is 0 Å². The summed E-state index contributed by atoms with van der Waals surface area (Å²) in [6.07, 6.45) is 2.75. The van der Waals surface area contributed by atoms with Crippen LogP contribution in [0.5, 0.6) is 0 Å². The highest BCUT2D eigenvalue weighted by molar-refractivity contribution is 5.85. The van der Waals surface area contributed by atoms with Crippen molar-refractivity contribution in [3.8, 4) is 0 Å². The average Bonchev–Trinajstić information content (AvgIpc) is 2.83. The molecule has 0 unspecified atom stereocenters. The molecule has 0 atom stereocenters. The Morgan fingerprint density at radius 1 is 1.20 bits per heavy atom. The first-order valence-corrected chi connectivity index (χ1v) is 6.36. The van der Waals surface area contributed by atoms with Gasteiger partial charge in [-0.3, -0.25) is 4.68 Å². The summed E-state index contributed by atoms with van der Waals surface area (Å²) in [7, 11) is 0. The van der Waals surface area contributed by atoms with Gasteiger partial charge in [0.1, 0.15) is 0 Å². The monoisotopic (exact) mass is 301 g/mol. The quantitative estimate of drug-likeness (QED) is 0.887. The van der Waals surface area contributed by atoms with Crippen LogP contribution in [-0.2, 0) is 19.6 Å². The summed E-state index contributed by atoms with van der Waals surface area (Å²) < 4.78 is 28.4. The van der Waals surface area contributed by atoms with E-state index in [-0.39, 0.29) is 12.4 Å². The van der Waals surface area contributed by atoms with E-state index in [9.17, 15) is 8.78 Å². The summed E-state index contributed by atoms with van der Waals surface area (Å²) in [5.41, 5.74) is 1.38. The Morgan fingerprint density at radius 3 is 2.75 bits per heavy atom. The van der Waals surface area contributed by atoms with Crippen LogP contribution in [0.15, 0.2) is 30.5 Å². The lowest BCUT2D eigenvalue weighted by Crippen LogP contribution is -2.17. The first-order chi connectivity index (χ1) is 9.22. The number of hydrogen-bond donors (Lipinski definition) is 1. The van der Waals surface area contributed by atoms with Crippen LogP contribution in [0.2, 0.25) is 0 Å². The Balaban J connectivity index is 0.00000200. The molecule has 0 amide bonds. The fourth-order valence-electron chi connectivity index (χ4n) is 1.93. The van der Waals surface area contributed by atoms with Gasteiger partial charge in [-0.05, 0) is 18.6 Å². The van der Waals surface area contributed by atoms with E-state index in [2.05, 4.69) is 17.3 Å². The number of aryl methyl sites for hydroxylation is 1. The minimum atomic E-state index is -0.810. The van der Waals surface area contributed by atoms with E-state index < -0.39 is 11.6 Å². The normalized spacial score (nSPS) is 10.3. The van der Waals surface area contributed by atoms with Gasteiger partial charge in [-0.1, -0.05) is 19.1 Å². The molecule has 6 heteroatoms. The predicted molar refractivity (Wildman–Crippen MR) is 76.7 cm³/mol. The molecular formula is C14H18ClF2N3. The van der Waals surface area contributed by atoms with E-state index in [1.54, 1.807) is 12.3 Å². The molecule has 0 fully saturated rings. The molecule has 0 bridgehead atoms. The van der Waals surface area contributed by atoms with Crippen LogP contribution in [0.4, 0.5) is 8.78 Å². The van der Waals surface area contributed by atoms with Gasteiger partial charge in [0.25, 0.3) is 0 Å². The Hall–Kier alpha value is -1.46. The molecule has 3 nitrogen and oxygen atoms in total. The number of nitrogens with zero attached hydrogens (tertiary/aromatic N) is 2. The fourth-order valence-corrected chi connectivity index (χ4v) is 1.93. The molecule has 1 aromatic carbocycles. The van der Waals surface area contributed by atoms with Crippen molar-refractivity contribution in [2.75, 3.05) is 0 Å². The molecule has 0 radical (unpaired) electrons. The number of aromatic nitrogens is 2. The van der Waals surface area contributed by atoms with Crippen molar-refractivity contribution in [2.45, 2.75) is 33.0 Å². The van der Waals surface area contributed by atoms with Gasteiger partial charge in [0.2, 0.25) is 0 Å². The second-order valence-electron chi connectivity index (χ2n) is 4.36. The molecule has 1 aromatic heterocycles. The Labute approximate surface area is 123 Å². The third kappa shape index (κ3) is 4.02. The zero-order valence-corrected chi connectivity index (χ0v) is 12.1. The molecule has 0 spiro atoms. The maximum atomic E-state index is 13.4. The lowest BCUT2D eigenvalue weighted by molar-refractivity contribution is 0.489. The van der Waals surface area contributed by atoms with E-state index in [1.165, 1.54) is 6.07 Å². The molecule has 2 rings (SSSR count). The highest BCUT2D eigenvalue weighted by atomic mass is 35.5. The second kappa shape index (κ2) is 7.97. The first kappa shape index (κ1) is 16.6. The number of rotatable bonds is 6. The highest BCUT2D eigenvalue weighted by Gasteiger charge is 2.07. The number of benzene rings is 1. The van der Waals surface area contributed by atoms with Gasteiger partial charge < -0.3 is 5.32 Å². The number of hydrogen-bond acceptors (Lipinski definition) is 2. The van der Waals surface area contributed by atoms with Crippen LogP contribution in [0.3, 0.4) is 0 Å². The average molecular weight is 302 g/mol. The molecule has 1 N–H and O–H groups in total. The molecule has 0 aliphatic carbocycles. The van der Waals surface area contributed by atoms with Gasteiger partial charge in [0, 0.05) is 31.4 Å². The maximum absolute atomic E-state index is 13.4. The summed E-state index contributed by atoms with van der Waals surface area (Å²) in [6.45, 7) is 3.82. The van der Waals surface area contributed by atoms with E-state index in [4.69, 9.17) is 0 Å². The van der Waals surface area contributed by atoms with Crippen LogP contribution >= 0.6 is 12.4 Å². The van der Waals surface area contributed by atoms with Crippen LogP contribution in [-0.4, -0.2) is 9.78 Å². The molecule has 110 valence electrons. The molecule has 0 aliphatic heterocycles. The van der Waals surface area contributed by atoms with Gasteiger partial charge >= 0.3 is 0 Å². The summed E-state index contributed by atoms with van der Waals surface area (Å²) >= 11 is 0. The topological polar surface area (TPSA) is 29.9 Å². The molecule has 0 saturated heterocycles. The lowest BCUT2D eigenvalue weighted by atomic mass is 10.2. The van der Waals surface area contributed by atoms with Crippen LogP contribution in [0.25, 0.3) is 0 Å². The van der Waals surface area contributed by atoms with Gasteiger partial charge in [-0.2, -0.15) is 5.10 Å². The van der Waals surface area contributed by atoms with Crippen LogP contribution < -0.4 is 5.32 Å². The standard InChI is InChI=1S/C14H17F2N3.ClH/c1-2-8-19-12(6-7-18-19)10-17-9-11-4-3-5-13(15)14(11)16;/h3-7,17H,2,8-10H2,1H3;1H. The fraction of sp³-hybridized carbons (Fsp3) is 0.357. The van der Waals surface area contributed by atoms with E-state index in [1.807, 2.05) is 10.7 Å². The Morgan fingerprint density at radius 2 is 2.00 bits per heavy atom. The highest BCUT2D eigenvalue weighted by Crippen LogP contribution is 2.11. The van der Waals surface area contributed by atoms with Crippen molar-refractivity contribution < 1.29 is 8.78 Å². The molecule has 1 heterocycles. The smallest absolute Gasteiger partial charge is 0.163 e. The van der Waals surface area contributed by atoms with Gasteiger partial charge in [-0.25, -0.2) is 8.78 Å². The third-order valence-electron chi connectivity index (χ3n) is 2.89. The summed E-state index contributed by atoms with van der Waals surface area (Å²) in [6, 6.07) is 6.13. The van der Waals surface area contributed by atoms with E-state index in [0.717, 1.165) is 24.7 Å². The molecule has 0 saturated carbocycles. The van der Waals surface area contributed by atoms with Crippen molar-refractivity contribution in [1.29, 1.82) is 0 Å². The zero-order valence-electron chi connectivity index (χ0n) is 11.3. The predicted octanol–water partition coefficient (Wildman–Crippen LogP) is 3.28. The first-order valence-electron chi connectivity index (χ1n) is 6.36. The van der Waals surface area contributed by atoms with Gasteiger partial charge in [0.15, 0.2) is 11.6 Å². The van der Waals surface area contributed by atoms with Crippen molar-refractivity contribution in [3.05, 3.63) is 53.4 Å². The lowest BCUT2D eigenvalue weighted by Gasteiger charge is -2.08. The minimum absolute atomic E-state index is 0. The summed E-state index contributed by atoms with van der Waals surface area (Å²) in [5.74, 6) is -1.59. The Bertz CT molecular complexity index is 543. The minimum Gasteiger partial charge on any atom is -0.307 e. The zero-order chi connectivity index (χ0) is 13.7. The molecular weight excluding hydrogens is 284 g/mol. The molecule has 20 heavy (non-hydrogen) atoms. The van der Waals surface area contributed by atoms with Crippen LogP contribution in [0.1, 0.15) is 24.6 Å². The van der Waals surface area contributed by atoms with Crippen molar-refractivity contribution in [2.24, 2.45) is 0 Å². The number of nitrogens with one attached hydrogen (secondary N) is 1. The van der Waals surface area contributed by atoms with Gasteiger partial charge in [0.05, 0.1) is 5.69 Å². The third-order valence-corrected chi connectivity index (χ3v) is 2.89. The summed E-state index contributed by atoms with van der Waals surface area (Å²) in [4.78, 5) is 0. The van der Waals surface area contributed by atoms with E-state index >= 15 is 0 Å². The molecule has 2 aromatic rings. The molecule has 0 aliphatic rings. The van der Waals surface area contributed by atoms with E-state index in [0.29, 0.717) is 18.7 Å². The van der Waals surface area contributed by atoms with Gasteiger partial charge in [-0.15, -0.1) is 12.4 Å². The number of halogens is 3. The summed E-state index contributed by atoms with van der Waals surface area (Å²) in [5, 5.41) is 7.31. The van der Waals surface area contributed by atoms with Crippen LogP contribution in [0, 0.1) is 11.6 Å². The Kier molecular flexibility index (Phi) is 6.61. The van der Waals surface area contributed by atoms with Crippen molar-refractivity contribution >= 4 is 12.4 Å². The van der Waals surface area contributed by atoms with Crippen molar-refractivity contribution in [1.82, 2.24) is 15.1 Å². The maximum Gasteiger partial charge on any atom is 0.163 e.